The van der Waals surface area contributed by atoms with Gasteiger partial charge in [-0.2, -0.15) is 0 Å². The van der Waals surface area contributed by atoms with Gasteiger partial charge in [0.25, 0.3) is 0 Å². The summed E-state index contributed by atoms with van der Waals surface area (Å²) in [5.74, 6) is 0.407. The van der Waals surface area contributed by atoms with E-state index in [-0.39, 0.29) is 0 Å². The monoisotopic (exact) mass is 117 g/mol. The van der Waals surface area contributed by atoms with Gasteiger partial charge in [0.1, 0.15) is 0 Å². The summed E-state index contributed by atoms with van der Waals surface area (Å²) in [6.45, 7) is 4.12. The van der Waals surface area contributed by atoms with Gasteiger partial charge in [0.15, 0.2) is 0 Å². The first-order valence-corrected chi connectivity index (χ1v) is 3.11. The summed E-state index contributed by atoms with van der Waals surface area (Å²) < 4.78 is 0. The maximum Gasteiger partial charge on any atom is -0.00135 e. The Kier molecular flexibility index (Phi) is 3.19. The minimum Gasteiger partial charge on any atom is -0.313 e. The molecule has 3 atom stereocenters. The molecular weight excluding hydrogens is 105 g/mol. The predicted octanol–water partition coefficient (Wildman–Crippen LogP) is 1.54. The predicted molar refractivity (Wildman–Crippen MR) is 37.1 cm³/mol. The van der Waals surface area contributed by atoms with Crippen LogP contribution in [0.5, 0.6) is 0 Å². The van der Waals surface area contributed by atoms with E-state index in [4.69, 9.17) is 5.41 Å². The lowest BCUT2D eigenvalue weighted by Crippen LogP contribution is -2.05. The molecule has 0 aromatic carbocycles. The van der Waals surface area contributed by atoms with E-state index in [1.807, 2.05) is 6.92 Å². The van der Waals surface area contributed by atoms with E-state index >= 15 is 0 Å². The zero-order chi connectivity index (χ0) is 5.86. The molecule has 0 spiro atoms. The number of rotatable bonds is 2. The topological polar surface area (TPSA) is 23.9 Å². The number of nitrogens with one attached hydrogen (secondary N) is 1. The van der Waals surface area contributed by atoms with Crippen molar-refractivity contribution >= 4 is 15.5 Å². The first kappa shape index (κ1) is 7.10. The molecule has 0 saturated carbocycles. The van der Waals surface area contributed by atoms with Crippen LogP contribution in [0.2, 0.25) is 0 Å². The van der Waals surface area contributed by atoms with Gasteiger partial charge in [-0.1, -0.05) is 13.8 Å². The maximum absolute atomic E-state index is 6.80. The Morgan fingerprint density at radius 3 is 2.00 bits per heavy atom. The molecule has 1 nitrogen and oxygen atoms in total. The Bertz CT molecular complexity index is 61.1. The summed E-state index contributed by atoms with van der Waals surface area (Å²) >= 11 is 0. The molecule has 0 heterocycles. The van der Waals surface area contributed by atoms with Gasteiger partial charge >= 0.3 is 0 Å². The van der Waals surface area contributed by atoms with Crippen molar-refractivity contribution < 1.29 is 0 Å². The molecule has 0 aliphatic rings. The molecule has 42 valence electrons. The van der Waals surface area contributed by atoms with E-state index in [9.17, 15) is 0 Å². The summed E-state index contributed by atoms with van der Waals surface area (Å²) in [7, 11) is 2.67. The van der Waals surface area contributed by atoms with E-state index in [1.54, 1.807) is 0 Å². The van der Waals surface area contributed by atoms with Crippen LogP contribution in [-0.4, -0.2) is 11.9 Å². The summed E-state index contributed by atoms with van der Waals surface area (Å²) in [6.07, 6.45) is 1.47. The highest BCUT2D eigenvalue weighted by atomic mass is 31.0. The van der Waals surface area contributed by atoms with Crippen molar-refractivity contribution in [2.75, 3.05) is 0 Å². The van der Waals surface area contributed by atoms with Crippen molar-refractivity contribution in [1.82, 2.24) is 0 Å². The second kappa shape index (κ2) is 3.15. The van der Waals surface area contributed by atoms with Gasteiger partial charge in [-0.3, -0.25) is 0 Å². The van der Waals surface area contributed by atoms with Crippen LogP contribution in [0.25, 0.3) is 0 Å². The van der Waals surface area contributed by atoms with Crippen molar-refractivity contribution in [2.45, 2.75) is 19.5 Å². The highest BCUT2D eigenvalue weighted by Crippen LogP contribution is 2.07. The third kappa shape index (κ3) is 2.76. The summed E-state index contributed by atoms with van der Waals surface area (Å²) in [5, 5.41) is 6.80. The quantitative estimate of drug-likeness (QED) is 0.419. The standard InChI is InChI=1S/C5H12NP/c1-4(3-6)5(2)7/h3-6H,7H2,1-2H3. The summed E-state index contributed by atoms with van der Waals surface area (Å²) in [5.41, 5.74) is 0.539. The molecule has 0 aromatic rings. The molecule has 3 unspecified atom stereocenters. The molecule has 0 aliphatic carbocycles. The zero-order valence-corrected chi connectivity index (χ0v) is 5.96. The molecule has 0 radical (unpaired) electrons. The second-order valence-corrected chi connectivity index (χ2v) is 2.94. The SMILES string of the molecule is CC(P)C(C)C=N. The second-order valence-electron chi connectivity index (χ2n) is 1.88. The van der Waals surface area contributed by atoms with E-state index < -0.39 is 0 Å². The van der Waals surface area contributed by atoms with Crippen LogP contribution in [-0.2, 0) is 0 Å². The largest absolute Gasteiger partial charge is 0.313 e. The molecule has 7 heavy (non-hydrogen) atoms. The van der Waals surface area contributed by atoms with Gasteiger partial charge in [-0.15, -0.1) is 9.24 Å². The molecule has 0 saturated heterocycles. The Morgan fingerprint density at radius 1 is 1.57 bits per heavy atom. The van der Waals surface area contributed by atoms with Gasteiger partial charge in [-0.05, 0) is 17.8 Å². The molecule has 1 N–H and O–H groups in total. The highest BCUT2D eigenvalue weighted by molar-refractivity contribution is 7.17. The average molecular weight is 117 g/mol. The van der Waals surface area contributed by atoms with Crippen LogP contribution in [0.4, 0.5) is 0 Å². The van der Waals surface area contributed by atoms with E-state index in [1.165, 1.54) is 6.21 Å². The Morgan fingerprint density at radius 2 is 2.00 bits per heavy atom. The molecule has 0 bridgehead atoms. The molecule has 0 rings (SSSR count). The minimum atomic E-state index is 0.407. The minimum absolute atomic E-state index is 0.407. The third-order valence-corrected chi connectivity index (χ3v) is 1.70. The summed E-state index contributed by atoms with van der Waals surface area (Å²) in [6, 6.07) is 0. The van der Waals surface area contributed by atoms with Crippen LogP contribution in [0.3, 0.4) is 0 Å². The molecule has 2 heteroatoms. The van der Waals surface area contributed by atoms with E-state index in [0.717, 1.165) is 0 Å². The lowest BCUT2D eigenvalue weighted by Gasteiger charge is -2.05. The van der Waals surface area contributed by atoms with Gasteiger partial charge in [-0.25, -0.2) is 0 Å². The van der Waals surface area contributed by atoms with E-state index in [0.29, 0.717) is 11.6 Å². The Labute approximate surface area is 47.2 Å². The van der Waals surface area contributed by atoms with Crippen LogP contribution in [0.1, 0.15) is 13.8 Å². The van der Waals surface area contributed by atoms with E-state index in [2.05, 4.69) is 16.2 Å². The van der Waals surface area contributed by atoms with Crippen LogP contribution >= 0.6 is 9.24 Å². The molecule has 0 amide bonds. The Balaban J connectivity index is 3.33. The van der Waals surface area contributed by atoms with Gasteiger partial charge in [0, 0.05) is 0 Å². The van der Waals surface area contributed by atoms with Crippen molar-refractivity contribution in [3.8, 4) is 0 Å². The fourth-order valence-electron chi connectivity index (χ4n) is 0.152. The lowest BCUT2D eigenvalue weighted by molar-refractivity contribution is 0.771. The fraction of sp³-hybridized carbons (Fsp3) is 0.800. The van der Waals surface area contributed by atoms with Crippen LogP contribution in [0, 0.1) is 11.3 Å². The van der Waals surface area contributed by atoms with Crippen molar-refractivity contribution in [3.05, 3.63) is 0 Å². The Hall–Kier alpha value is 0.100. The summed E-state index contributed by atoms with van der Waals surface area (Å²) in [4.78, 5) is 0. The zero-order valence-electron chi connectivity index (χ0n) is 4.81. The van der Waals surface area contributed by atoms with Crippen LogP contribution < -0.4 is 0 Å². The maximum atomic E-state index is 6.80. The smallest absolute Gasteiger partial charge is 0.00135 e. The fourth-order valence-corrected chi connectivity index (χ4v) is 0.263. The average Bonchev–Trinajstić information content (AvgIpc) is 1.65. The molecule has 0 aliphatic heterocycles. The molecular formula is C5H12NP. The molecule has 0 fully saturated rings. The lowest BCUT2D eigenvalue weighted by atomic mass is 10.1. The van der Waals surface area contributed by atoms with Crippen molar-refractivity contribution in [1.29, 1.82) is 5.41 Å². The normalized spacial score (nSPS) is 18.1. The van der Waals surface area contributed by atoms with Gasteiger partial charge in [0.05, 0.1) is 0 Å². The first-order chi connectivity index (χ1) is 3.18. The van der Waals surface area contributed by atoms with Gasteiger partial charge in [0.2, 0.25) is 0 Å². The van der Waals surface area contributed by atoms with Gasteiger partial charge < -0.3 is 5.41 Å². The molecule has 0 aromatic heterocycles. The first-order valence-electron chi connectivity index (χ1n) is 2.44. The van der Waals surface area contributed by atoms with Crippen molar-refractivity contribution in [3.63, 3.8) is 0 Å². The van der Waals surface area contributed by atoms with Crippen LogP contribution in [0.15, 0.2) is 0 Å². The highest BCUT2D eigenvalue weighted by Gasteiger charge is 2.00. The number of hydrogen-bond acceptors (Lipinski definition) is 1. The number of hydrogen-bond donors (Lipinski definition) is 1. The third-order valence-electron chi connectivity index (χ3n) is 1.09. The van der Waals surface area contributed by atoms with Crippen molar-refractivity contribution in [2.24, 2.45) is 5.92 Å².